The molecule has 0 fully saturated rings. The summed E-state index contributed by atoms with van der Waals surface area (Å²) < 4.78 is 0. The molecule has 0 aliphatic rings. The number of aromatic nitrogens is 2. The van der Waals surface area contributed by atoms with Crippen molar-refractivity contribution in [3.63, 3.8) is 0 Å². The van der Waals surface area contributed by atoms with Gasteiger partial charge in [-0.2, -0.15) is 0 Å². The van der Waals surface area contributed by atoms with Gasteiger partial charge in [-0.15, -0.1) is 5.11 Å². The molecule has 6 heteroatoms. The maximum atomic E-state index is 7.23. The van der Waals surface area contributed by atoms with Gasteiger partial charge in [-0.3, -0.25) is 5.41 Å². The smallest absolute Gasteiger partial charge is 0.194 e. The number of nitrogens with zero attached hydrogens (tertiary/aromatic N) is 3. The molecule has 4 N–H and O–H groups in total. The van der Waals surface area contributed by atoms with Gasteiger partial charge in [0.25, 0.3) is 0 Å². The van der Waals surface area contributed by atoms with Gasteiger partial charge in [0.1, 0.15) is 11.5 Å². The summed E-state index contributed by atoms with van der Waals surface area (Å²) >= 11 is 0. The topological polar surface area (TPSA) is 103 Å². The highest BCUT2D eigenvalue weighted by atomic mass is 15.3. The highest BCUT2D eigenvalue weighted by Crippen LogP contribution is 1.97. The molecular formula is C5H8N6. The molecule has 0 aliphatic carbocycles. The van der Waals surface area contributed by atoms with Gasteiger partial charge in [0.2, 0.25) is 0 Å². The molecule has 0 bridgehead atoms. The zero-order valence-electron chi connectivity index (χ0n) is 6.00. The number of nitrogens with one attached hydrogen (secondary N) is 2. The lowest BCUT2D eigenvalue weighted by Crippen LogP contribution is -1.95. The molecule has 11 heavy (non-hydrogen) atoms. The molecule has 1 aromatic rings. The normalized spacial score (nSPS) is 10.6. The van der Waals surface area contributed by atoms with Gasteiger partial charge < -0.3 is 10.8 Å². The molecule has 6 nitrogen and oxygen atoms in total. The number of hydrogen-bond acceptors (Lipinski definition) is 3. The van der Waals surface area contributed by atoms with Crippen molar-refractivity contribution in [1.82, 2.24) is 9.97 Å². The summed E-state index contributed by atoms with van der Waals surface area (Å²) in [6, 6.07) is 0. The maximum Gasteiger partial charge on any atom is 0.194 e. The van der Waals surface area contributed by atoms with E-state index in [9.17, 15) is 0 Å². The number of H-pyrrole nitrogens is 1. The second kappa shape index (κ2) is 2.91. The van der Waals surface area contributed by atoms with Crippen molar-refractivity contribution in [2.75, 3.05) is 0 Å². The van der Waals surface area contributed by atoms with E-state index in [1.807, 2.05) is 0 Å². The van der Waals surface area contributed by atoms with Crippen molar-refractivity contribution < 1.29 is 0 Å². The number of imidazole rings is 1. The van der Waals surface area contributed by atoms with E-state index in [4.69, 9.17) is 11.3 Å². The van der Waals surface area contributed by atoms with E-state index in [0.29, 0.717) is 5.69 Å². The van der Waals surface area contributed by atoms with Crippen LogP contribution in [-0.4, -0.2) is 15.8 Å². The monoisotopic (exact) mass is 152 g/mol. The fourth-order valence-corrected chi connectivity index (χ4v) is 0.653. The van der Waals surface area contributed by atoms with E-state index in [1.165, 1.54) is 6.20 Å². The minimum atomic E-state index is -0.0203. The Kier molecular flexibility index (Phi) is 1.95. The lowest BCUT2D eigenvalue weighted by atomic mass is 10.4. The van der Waals surface area contributed by atoms with Crippen molar-refractivity contribution in [3.8, 4) is 0 Å². The summed E-state index contributed by atoms with van der Waals surface area (Å²) in [5.74, 6) is 5.47. The molecule has 0 spiro atoms. The number of hydrogen-bond donors (Lipinski definition) is 3. The fraction of sp³-hybridized carbons (Fsp3) is 0.200. The predicted octanol–water partition coefficient (Wildman–Crippen LogP) is 0.369. The third kappa shape index (κ3) is 1.60. The second-order valence-corrected chi connectivity index (χ2v) is 1.95. The molecule has 0 atom stereocenters. The Morgan fingerprint density at radius 2 is 2.55 bits per heavy atom. The molecule has 1 aromatic heterocycles. The third-order valence-electron chi connectivity index (χ3n) is 1.12. The van der Waals surface area contributed by atoms with Crippen LogP contribution in [0.2, 0.25) is 0 Å². The molecule has 0 radical (unpaired) electrons. The van der Waals surface area contributed by atoms with Crippen LogP contribution >= 0.6 is 0 Å². The first-order valence-electron chi connectivity index (χ1n) is 2.95. The first kappa shape index (κ1) is 7.39. The lowest BCUT2D eigenvalue weighted by Gasteiger charge is -1.87. The van der Waals surface area contributed by atoms with Gasteiger partial charge in [-0.25, -0.2) is 4.98 Å². The summed E-state index contributed by atoms with van der Waals surface area (Å²) in [4.78, 5) is 6.70. The van der Waals surface area contributed by atoms with Crippen molar-refractivity contribution in [2.24, 2.45) is 16.2 Å². The molecule has 1 rings (SSSR count). The van der Waals surface area contributed by atoms with Crippen LogP contribution in [0.5, 0.6) is 0 Å². The van der Waals surface area contributed by atoms with Crippen LogP contribution in [-0.2, 0) is 0 Å². The van der Waals surface area contributed by atoms with Crippen LogP contribution in [0.1, 0.15) is 11.5 Å². The summed E-state index contributed by atoms with van der Waals surface area (Å²) in [6.45, 7) is 1.79. The SMILES string of the molecule is Cc1ncc(C(=N)N=NN)[nH]1. The summed E-state index contributed by atoms with van der Waals surface area (Å²) in [5, 5.41) is 13.5. The highest BCUT2D eigenvalue weighted by Gasteiger charge is 2.01. The largest absolute Gasteiger partial charge is 0.340 e. The third-order valence-corrected chi connectivity index (χ3v) is 1.12. The number of aryl methyl sites for hydroxylation is 1. The molecular weight excluding hydrogens is 144 g/mol. The lowest BCUT2D eigenvalue weighted by molar-refractivity contribution is 1.06. The van der Waals surface area contributed by atoms with Crippen LogP contribution in [0.4, 0.5) is 0 Å². The van der Waals surface area contributed by atoms with Crippen molar-refractivity contribution in [1.29, 1.82) is 5.41 Å². The van der Waals surface area contributed by atoms with E-state index >= 15 is 0 Å². The van der Waals surface area contributed by atoms with Crippen LogP contribution in [0.3, 0.4) is 0 Å². The van der Waals surface area contributed by atoms with E-state index in [-0.39, 0.29) is 5.84 Å². The van der Waals surface area contributed by atoms with Crippen molar-refractivity contribution in [3.05, 3.63) is 17.7 Å². The van der Waals surface area contributed by atoms with Gasteiger partial charge in [0, 0.05) is 0 Å². The van der Waals surface area contributed by atoms with Crippen molar-refractivity contribution in [2.45, 2.75) is 6.92 Å². The molecule has 0 aromatic carbocycles. The Hall–Kier alpha value is -1.72. The fourth-order valence-electron chi connectivity index (χ4n) is 0.653. The predicted molar refractivity (Wildman–Crippen MR) is 39.2 cm³/mol. The van der Waals surface area contributed by atoms with Crippen LogP contribution in [0.25, 0.3) is 0 Å². The van der Waals surface area contributed by atoms with Gasteiger partial charge >= 0.3 is 0 Å². The molecule has 0 saturated carbocycles. The highest BCUT2D eigenvalue weighted by molar-refractivity contribution is 5.94. The Bertz CT molecular complexity index is 285. The first-order chi connectivity index (χ1) is 5.24. The van der Waals surface area contributed by atoms with Gasteiger partial charge in [0.05, 0.1) is 6.20 Å². The maximum absolute atomic E-state index is 7.23. The minimum Gasteiger partial charge on any atom is -0.340 e. The average Bonchev–Trinajstić information content (AvgIpc) is 2.36. The van der Waals surface area contributed by atoms with E-state index in [1.54, 1.807) is 6.92 Å². The quantitative estimate of drug-likeness (QED) is 0.178. The first-order valence-corrected chi connectivity index (χ1v) is 2.95. The summed E-state index contributed by atoms with van der Waals surface area (Å²) in [7, 11) is 0. The summed E-state index contributed by atoms with van der Waals surface area (Å²) in [6.07, 6.45) is 1.51. The average molecular weight is 152 g/mol. The Morgan fingerprint density at radius 1 is 1.82 bits per heavy atom. The van der Waals surface area contributed by atoms with Crippen molar-refractivity contribution >= 4 is 5.84 Å². The molecule has 58 valence electrons. The Morgan fingerprint density at radius 3 is 3.00 bits per heavy atom. The Labute approximate surface area is 63.0 Å². The number of rotatable bonds is 1. The zero-order valence-corrected chi connectivity index (χ0v) is 6.00. The molecule has 0 aliphatic heterocycles. The van der Waals surface area contributed by atoms with Crippen LogP contribution in [0, 0.1) is 12.3 Å². The second-order valence-electron chi connectivity index (χ2n) is 1.95. The van der Waals surface area contributed by atoms with E-state index in [0.717, 1.165) is 5.82 Å². The van der Waals surface area contributed by atoms with Gasteiger partial charge in [0.15, 0.2) is 5.84 Å². The zero-order chi connectivity index (χ0) is 8.27. The van der Waals surface area contributed by atoms with Gasteiger partial charge in [-0.1, -0.05) is 5.22 Å². The molecule has 0 saturated heterocycles. The standard InChI is InChI=1S/C5H8N6/c1-3-8-2-4(9-3)5(6)10-11-7/h2H,1H3,(H,8,9)(H3,6,7,10). The minimum absolute atomic E-state index is 0.0203. The summed E-state index contributed by atoms with van der Waals surface area (Å²) in [5.41, 5.74) is 0.511. The van der Waals surface area contributed by atoms with Crippen LogP contribution in [0.15, 0.2) is 16.5 Å². The van der Waals surface area contributed by atoms with Gasteiger partial charge in [-0.05, 0) is 6.92 Å². The van der Waals surface area contributed by atoms with E-state index in [2.05, 4.69) is 20.3 Å². The van der Waals surface area contributed by atoms with Crippen LogP contribution < -0.4 is 5.84 Å². The number of nitrogens with two attached hydrogens (primary N) is 1. The Balaban J connectivity index is 2.85. The van der Waals surface area contributed by atoms with E-state index < -0.39 is 0 Å². The molecule has 1 heterocycles. The molecule has 0 amide bonds. The molecule has 0 unspecified atom stereocenters. The number of aromatic amines is 1. The number of amidine groups is 1.